The second kappa shape index (κ2) is 7.24. The highest BCUT2D eigenvalue weighted by Crippen LogP contribution is 2.34. The first kappa shape index (κ1) is 17.4. The van der Waals surface area contributed by atoms with E-state index in [1.807, 2.05) is 57.2 Å². The van der Waals surface area contributed by atoms with Crippen LogP contribution in [0.4, 0.5) is 0 Å². The van der Waals surface area contributed by atoms with Crippen LogP contribution in [-0.4, -0.2) is 28.6 Å². The molecule has 3 atom stereocenters. The van der Waals surface area contributed by atoms with Crippen molar-refractivity contribution in [3.8, 4) is 0 Å². The summed E-state index contributed by atoms with van der Waals surface area (Å²) < 4.78 is 5.60. The van der Waals surface area contributed by atoms with Crippen LogP contribution >= 0.6 is 0 Å². The van der Waals surface area contributed by atoms with E-state index in [-0.39, 0.29) is 18.1 Å². The van der Waals surface area contributed by atoms with Gasteiger partial charge in [-0.2, -0.15) is 0 Å². The zero-order valence-corrected chi connectivity index (χ0v) is 15.1. The number of carbonyl (C=O) groups is 1. The number of esters is 1. The van der Waals surface area contributed by atoms with Gasteiger partial charge in [0.1, 0.15) is 11.6 Å². The maximum absolute atomic E-state index is 12.5. The zero-order chi connectivity index (χ0) is 17.9. The Morgan fingerprint density at radius 2 is 1.64 bits per heavy atom. The third-order valence-corrected chi connectivity index (χ3v) is 4.12. The van der Waals surface area contributed by atoms with Gasteiger partial charge in [0.2, 0.25) is 0 Å². The lowest BCUT2D eigenvalue weighted by Gasteiger charge is -2.19. The van der Waals surface area contributed by atoms with Gasteiger partial charge in [0.25, 0.3) is 0 Å². The number of benzene rings is 2. The molecular weight excluding hydrogens is 310 g/mol. The van der Waals surface area contributed by atoms with Crippen LogP contribution in [0, 0.1) is 0 Å². The molecule has 25 heavy (non-hydrogen) atoms. The number of rotatable bonds is 5. The molecule has 0 N–H and O–H groups in total. The Labute approximate surface area is 149 Å². The summed E-state index contributed by atoms with van der Waals surface area (Å²) >= 11 is 0. The molecule has 0 aliphatic carbocycles. The average Bonchev–Trinajstić information content (AvgIpc) is 3.26. The topological polar surface area (TPSA) is 29.3 Å². The molecule has 1 aliphatic rings. The minimum absolute atomic E-state index is 0.0789. The van der Waals surface area contributed by atoms with E-state index in [0.29, 0.717) is 0 Å². The monoisotopic (exact) mass is 335 g/mol. The summed E-state index contributed by atoms with van der Waals surface area (Å²) in [6, 6.07) is 20.2. The molecule has 0 saturated carbocycles. The third-order valence-electron chi connectivity index (χ3n) is 4.12. The molecule has 1 fully saturated rings. The molecule has 3 rings (SSSR count). The number of carbonyl (C=O) groups excluding carboxylic acids is 1. The fourth-order valence-corrected chi connectivity index (χ4v) is 2.92. The lowest BCUT2D eigenvalue weighted by molar-refractivity contribution is -0.155. The zero-order valence-electron chi connectivity index (χ0n) is 15.1. The predicted molar refractivity (Wildman–Crippen MR) is 101 cm³/mol. The molecule has 1 heterocycles. The standard InChI is InChI=1S/C22H25NO2/c1-22(2,3)25-21(24)20-19(15-14-17-10-6-4-7-11-17)23(20)16-18-12-8-5-9-13-18/h4-15,19-20H,16H2,1-3H3/t19?,20-,23?/m1/s1. The fourth-order valence-electron chi connectivity index (χ4n) is 2.92. The Balaban J connectivity index is 1.73. The Morgan fingerprint density at radius 1 is 1.04 bits per heavy atom. The second-order valence-electron chi connectivity index (χ2n) is 7.40. The Bertz CT molecular complexity index is 732. The molecule has 0 aromatic heterocycles. The third kappa shape index (κ3) is 4.80. The van der Waals surface area contributed by atoms with Gasteiger partial charge in [-0.1, -0.05) is 72.8 Å². The number of nitrogens with zero attached hydrogens (tertiary/aromatic N) is 1. The molecule has 0 spiro atoms. The van der Waals surface area contributed by atoms with Crippen molar-refractivity contribution in [2.24, 2.45) is 0 Å². The molecule has 2 aromatic carbocycles. The Kier molecular flexibility index (Phi) is 5.05. The van der Waals surface area contributed by atoms with Crippen LogP contribution in [0.15, 0.2) is 66.7 Å². The first-order valence-corrected chi connectivity index (χ1v) is 8.70. The van der Waals surface area contributed by atoms with Gasteiger partial charge in [-0.15, -0.1) is 0 Å². The number of hydrogen-bond acceptors (Lipinski definition) is 3. The smallest absolute Gasteiger partial charge is 0.325 e. The van der Waals surface area contributed by atoms with E-state index < -0.39 is 5.60 Å². The molecule has 0 radical (unpaired) electrons. The Hall–Kier alpha value is -2.39. The molecule has 2 aromatic rings. The molecule has 1 saturated heterocycles. The molecule has 0 amide bonds. The minimum atomic E-state index is -0.466. The summed E-state index contributed by atoms with van der Waals surface area (Å²) in [6.07, 6.45) is 4.18. The van der Waals surface area contributed by atoms with E-state index in [0.717, 1.165) is 12.1 Å². The maximum Gasteiger partial charge on any atom is 0.325 e. The van der Waals surface area contributed by atoms with Gasteiger partial charge in [-0.3, -0.25) is 9.69 Å². The highest BCUT2D eigenvalue weighted by molar-refractivity contribution is 5.81. The second-order valence-corrected chi connectivity index (χ2v) is 7.40. The van der Waals surface area contributed by atoms with Gasteiger partial charge in [-0.05, 0) is 31.9 Å². The largest absolute Gasteiger partial charge is 0.459 e. The molecule has 0 bridgehead atoms. The summed E-state index contributed by atoms with van der Waals surface area (Å²) in [7, 11) is 0. The predicted octanol–water partition coefficient (Wildman–Crippen LogP) is 4.29. The summed E-state index contributed by atoms with van der Waals surface area (Å²) in [5.74, 6) is -0.147. The number of hydrogen-bond donors (Lipinski definition) is 0. The van der Waals surface area contributed by atoms with Crippen molar-refractivity contribution < 1.29 is 9.53 Å². The van der Waals surface area contributed by atoms with Crippen LogP contribution in [0.1, 0.15) is 31.9 Å². The van der Waals surface area contributed by atoms with Crippen molar-refractivity contribution in [3.05, 3.63) is 77.9 Å². The lowest BCUT2D eigenvalue weighted by atomic mass is 10.1. The van der Waals surface area contributed by atoms with E-state index in [4.69, 9.17) is 4.74 Å². The van der Waals surface area contributed by atoms with Gasteiger partial charge in [0, 0.05) is 6.54 Å². The first-order chi connectivity index (χ1) is 11.9. The van der Waals surface area contributed by atoms with E-state index in [1.54, 1.807) is 0 Å². The molecule has 2 unspecified atom stereocenters. The summed E-state index contributed by atoms with van der Waals surface area (Å²) in [5, 5.41) is 0. The van der Waals surface area contributed by atoms with Gasteiger partial charge in [0.05, 0.1) is 6.04 Å². The van der Waals surface area contributed by atoms with Crippen molar-refractivity contribution in [3.63, 3.8) is 0 Å². The van der Waals surface area contributed by atoms with Gasteiger partial charge >= 0.3 is 5.97 Å². The minimum Gasteiger partial charge on any atom is -0.459 e. The fraction of sp³-hybridized carbons (Fsp3) is 0.318. The van der Waals surface area contributed by atoms with E-state index in [2.05, 4.69) is 41.3 Å². The lowest BCUT2D eigenvalue weighted by Crippen LogP contribution is -2.28. The molecule has 3 nitrogen and oxygen atoms in total. The van der Waals surface area contributed by atoms with E-state index in [9.17, 15) is 4.79 Å². The molecular formula is C22H25NO2. The average molecular weight is 335 g/mol. The molecule has 3 heteroatoms. The van der Waals surface area contributed by atoms with Crippen LogP contribution < -0.4 is 0 Å². The summed E-state index contributed by atoms with van der Waals surface area (Å²) in [6.45, 7) is 6.46. The van der Waals surface area contributed by atoms with Crippen LogP contribution in [0.5, 0.6) is 0 Å². The van der Waals surface area contributed by atoms with Crippen molar-refractivity contribution in [2.75, 3.05) is 0 Å². The highest BCUT2D eigenvalue weighted by Gasteiger charge is 2.52. The van der Waals surface area contributed by atoms with Crippen LogP contribution in [-0.2, 0) is 16.1 Å². The first-order valence-electron chi connectivity index (χ1n) is 8.70. The van der Waals surface area contributed by atoms with Crippen LogP contribution in [0.25, 0.3) is 6.08 Å². The van der Waals surface area contributed by atoms with Gasteiger partial charge in [0.15, 0.2) is 0 Å². The number of ether oxygens (including phenoxy) is 1. The Morgan fingerprint density at radius 3 is 2.24 bits per heavy atom. The normalized spacial score (nSPS) is 22.8. The molecule has 130 valence electrons. The van der Waals surface area contributed by atoms with Gasteiger partial charge in [-0.25, -0.2) is 0 Å². The van der Waals surface area contributed by atoms with Crippen molar-refractivity contribution >= 4 is 12.0 Å². The highest BCUT2D eigenvalue weighted by atomic mass is 16.6. The van der Waals surface area contributed by atoms with Crippen molar-refractivity contribution in [2.45, 2.75) is 45.0 Å². The quantitative estimate of drug-likeness (QED) is 0.603. The van der Waals surface area contributed by atoms with Crippen molar-refractivity contribution in [1.29, 1.82) is 0 Å². The van der Waals surface area contributed by atoms with Crippen molar-refractivity contribution in [1.82, 2.24) is 4.90 Å². The summed E-state index contributed by atoms with van der Waals surface area (Å²) in [4.78, 5) is 14.7. The maximum atomic E-state index is 12.5. The summed E-state index contributed by atoms with van der Waals surface area (Å²) in [5.41, 5.74) is 1.87. The van der Waals surface area contributed by atoms with E-state index in [1.165, 1.54) is 5.56 Å². The van der Waals surface area contributed by atoms with E-state index >= 15 is 0 Å². The van der Waals surface area contributed by atoms with Gasteiger partial charge < -0.3 is 4.74 Å². The van der Waals surface area contributed by atoms with Crippen LogP contribution in [0.2, 0.25) is 0 Å². The van der Waals surface area contributed by atoms with Crippen LogP contribution in [0.3, 0.4) is 0 Å². The SMILES string of the molecule is CC(C)(C)OC(=O)[C@H]1C(C=Cc2ccccc2)N1Cc1ccccc1. The molecule has 1 aliphatic heterocycles.